The van der Waals surface area contributed by atoms with Crippen LogP contribution in [0.1, 0.15) is 42.0 Å². The van der Waals surface area contributed by atoms with Crippen molar-refractivity contribution < 1.29 is 73.5 Å². The summed E-state index contributed by atoms with van der Waals surface area (Å²) < 4.78 is 0. The van der Waals surface area contributed by atoms with Gasteiger partial charge in [-0.25, -0.2) is 4.79 Å². The highest BCUT2D eigenvalue weighted by Gasteiger charge is 2.35. The first-order valence-electron chi connectivity index (χ1n) is 24.0. The number of aromatic nitrogens is 1. The number of hydrogen-bond acceptors (Lipinski definition) is 14. The van der Waals surface area contributed by atoms with Crippen molar-refractivity contribution in [3.05, 3.63) is 132 Å². The molecule has 0 saturated heterocycles. The number of phenolic OH excluding ortho intramolecular Hbond substituents is 2. The third-order valence-corrected chi connectivity index (χ3v) is 12.0. The molecule has 25 nitrogen and oxygen atoms in total. The van der Waals surface area contributed by atoms with Crippen LogP contribution in [-0.4, -0.2) is 145 Å². The number of carbonyl (C=O) groups is 10. The number of H-pyrrole nitrogens is 1. The number of primary amides is 1. The van der Waals surface area contributed by atoms with Crippen LogP contribution in [0.25, 0.3) is 10.9 Å². The molecule has 0 radical (unpaired) electrons. The minimum Gasteiger partial charge on any atom is -0.508 e. The summed E-state index contributed by atoms with van der Waals surface area (Å²) in [5.41, 5.74) is 13.7. The van der Waals surface area contributed by atoms with Crippen LogP contribution in [0.2, 0.25) is 0 Å². The Bertz CT molecular complexity index is 2920. The molecule has 1 heterocycles. The summed E-state index contributed by atoms with van der Waals surface area (Å²) in [4.78, 5) is 136. The van der Waals surface area contributed by atoms with Crippen molar-refractivity contribution in [2.75, 3.05) is 6.61 Å². The fourth-order valence-electron chi connectivity index (χ4n) is 7.86. The first-order valence-corrected chi connectivity index (χ1v) is 24.0. The molecular weight excluding hydrogens is 1000 g/mol. The number of amides is 8. The van der Waals surface area contributed by atoms with E-state index >= 15 is 0 Å². The molecule has 5 rings (SSSR count). The summed E-state index contributed by atoms with van der Waals surface area (Å²) >= 11 is 0. The molecule has 0 aliphatic heterocycles. The molecule has 0 saturated carbocycles. The standard InChI is InChI=1S/C52H60N10O15/c1-27(45(69)57-37(19-28-7-3-2-4-8-28)48(72)61-41(24-44(67)68)51(75)62-42(52(76)77)21-30-13-17-33(65)18-14-30)56-47(71)39(22-31-25-55-36-10-6-5-9-34(31)36)59-50(74)40(23-43(54)66)60-49(73)38(58-46(70)35(53)26-63)20-29-11-15-32(64)16-12-29/h2-18,25,27,35,37-42,55,63-65H,19-24,26,53H2,1H3,(H2,54,66)(H,56,71)(H,57,69)(H,58,70)(H,59,74)(H,60,73)(H,61,72)(H,62,75)(H,67,68)(H,76,77)/t27-,35-,37-,38-,39-,40-,41-,42-/m0/s1. The number of rotatable bonds is 28. The van der Waals surface area contributed by atoms with E-state index in [9.17, 15) is 73.5 Å². The van der Waals surface area contributed by atoms with Crippen molar-refractivity contribution in [3.8, 4) is 11.5 Å². The molecule has 4 aromatic carbocycles. The molecular formula is C52H60N10O15. The summed E-state index contributed by atoms with van der Waals surface area (Å²) in [7, 11) is 0. The maximum atomic E-state index is 14.3. The second-order valence-electron chi connectivity index (χ2n) is 18.0. The zero-order valence-corrected chi connectivity index (χ0v) is 41.4. The first kappa shape index (κ1) is 58.5. The van der Waals surface area contributed by atoms with E-state index in [0.717, 1.165) is 0 Å². The topological polar surface area (TPSA) is 424 Å². The fourth-order valence-corrected chi connectivity index (χ4v) is 7.86. The minimum atomic E-state index is -1.86. The Balaban J connectivity index is 1.37. The number of hydrogen-bond donors (Lipinski definition) is 15. The number of benzene rings is 4. The van der Waals surface area contributed by atoms with Crippen LogP contribution < -0.4 is 48.7 Å². The number of nitrogens with two attached hydrogens (primary N) is 2. The number of carboxylic acids is 2. The monoisotopic (exact) mass is 1060 g/mol. The number of carbonyl (C=O) groups excluding carboxylic acids is 8. The van der Waals surface area contributed by atoms with Crippen LogP contribution >= 0.6 is 0 Å². The Labute approximate surface area is 439 Å². The lowest BCUT2D eigenvalue weighted by molar-refractivity contribution is -0.143. The van der Waals surface area contributed by atoms with Gasteiger partial charge < -0.3 is 79.2 Å². The zero-order valence-electron chi connectivity index (χ0n) is 41.4. The summed E-state index contributed by atoms with van der Waals surface area (Å²) in [6, 6.07) is 13.4. The van der Waals surface area contributed by atoms with Gasteiger partial charge in [0.15, 0.2) is 0 Å². The van der Waals surface area contributed by atoms with E-state index in [1.165, 1.54) is 55.5 Å². The molecule has 77 heavy (non-hydrogen) atoms. The largest absolute Gasteiger partial charge is 0.508 e. The number of fused-ring (bicyclic) bond motifs is 1. The molecule has 0 aliphatic rings. The molecule has 0 spiro atoms. The van der Waals surface area contributed by atoms with Gasteiger partial charge in [0.05, 0.1) is 19.4 Å². The van der Waals surface area contributed by atoms with Crippen LogP contribution in [-0.2, 0) is 73.6 Å². The van der Waals surface area contributed by atoms with Crippen LogP contribution in [0.5, 0.6) is 11.5 Å². The molecule has 0 bridgehead atoms. The molecule has 25 heteroatoms. The second kappa shape index (κ2) is 27.8. The maximum absolute atomic E-state index is 14.3. The molecule has 17 N–H and O–H groups in total. The number of aliphatic hydroxyl groups excluding tert-OH is 1. The average molecular weight is 1070 g/mol. The van der Waals surface area contributed by atoms with Gasteiger partial charge in [0.1, 0.15) is 59.8 Å². The Hall–Kier alpha value is -9.36. The Morgan fingerprint density at radius 1 is 0.494 bits per heavy atom. The number of nitrogens with one attached hydrogen (secondary N) is 8. The molecule has 0 unspecified atom stereocenters. The van der Waals surface area contributed by atoms with Gasteiger partial charge in [-0.05, 0) is 59.5 Å². The molecule has 5 aromatic rings. The molecule has 0 fully saturated rings. The minimum absolute atomic E-state index is 0.0960. The van der Waals surface area contributed by atoms with Crippen molar-refractivity contribution in [1.82, 2.24) is 42.2 Å². The van der Waals surface area contributed by atoms with Crippen LogP contribution in [0.15, 0.2) is 109 Å². The molecule has 0 aliphatic carbocycles. The van der Waals surface area contributed by atoms with Gasteiger partial charge in [0, 0.05) is 42.8 Å². The lowest BCUT2D eigenvalue weighted by atomic mass is 10.0. The van der Waals surface area contributed by atoms with Gasteiger partial charge in [-0.2, -0.15) is 0 Å². The Kier molecular flexibility index (Phi) is 21.1. The predicted molar refractivity (Wildman–Crippen MR) is 274 cm³/mol. The van der Waals surface area contributed by atoms with Gasteiger partial charge in [0.2, 0.25) is 47.3 Å². The fraction of sp³-hybridized carbons (Fsp3) is 0.308. The van der Waals surface area contributed by atoms with Gasteiger partial charge in [-0.3, -0.25) is 43.2 Å². The lowest BCUT2D eigenvalue weighted by Crippen LogP contribution is -2.60. The summed E-state index contributed by atoms with van der Waals surface area (Å²) in [5, 5.41) is 66.0. The van der Waals surface area contributed by atoms with Gasteiger partial charge in [0.25, 0.3) is 0 Å². The number of para-hydroxylation sites is 1. The number of aliphatic carboxylic acids is 2. The predicted octanol–water partition coefficient (Wildman–Crippen LogP) is -1.98. The number of phenols is 2. The maximum Gasteiger partial charge on any atom is 0.326 e. The Morgan fingerprint density at radius 2 is 0.909 bits per heavy atom. The number of carboxylic acid groups (broad SMARTS) is 2. The third kappa shape index (κ3) is 17.9. The van der Waals surface area contributed by atoms with E-state index < -0.39 is 127 Å². The van der Waals surface area contributed by atoms with E-state index in [-0.39, 0.29) is 37.2 Å². The Morgan fingerprint density at radius 3 is 1.43 bits per heavy atom. The normalized spacial score (nSPS) is 14.1. The van der Waals surface area contributed by atoms with Crippen LogP contribution in [0.4, 0.5) is 0 Å². The molecule has 1 aromatic heterocycles. The highest BCUT2D eigenvalue weighted by Crippen LogP contribution is 2.20. The highest BCUT2D eigenvalue weighted by atomic mass is 16.4. The van der Waals surface area contributed by atoms with Crippen molar-refractivity contribution in [2.45, 2.75) is 93.8 Å². The summed E-state index contributed by atoms with van der Waals surface area (Å²) in [6.45, 7) is 0.464. The third-order valence-electron chi connectivity index (χ3n) is 12.0. The first-order chi connectivity index (χ1) is 36.6. The van der Waals surface area contributed by atoms with Gasteiger partial charge >= 0.3 is 11.9 Å². The van der Waals surface area contributed by atoms with Crippen molar-refractivity contribution in [3.63, 3.8) is 0 Å². The zero-order chi connectivity index (χ0) is 56.3. The number of aliphatic hydroxyl groups is 1. The van der Waals surface area contributed by atoms with Crippen molar-refractivity contribution in [1.29, 1.82) is 0 Å². The summed E-state index contributed by atoms with van der Waals surface area (Å²) in [6.07, 6.45) is -1.25. The smallest absolute Gasteiger partial charge is 0.326 e. The molecule has 408 valence electrons. The second-order valence-corrected chi connectivity index (χ2v) is 18.0. The van der Waals surface area contributed by atoms with Crippen LogP contribution in [0.3, 0.4) is 0 Å². The average Bonchev–Trinajstić information content (AvgIpc) is 3.80. The van der Waals surface area contributed by atoms with Crippen LogP contribution in [0, 0.1) is 0 Å². The highest BCUT2D eigenvalue weighted by molar-refractivity contribution is 5.99. The molecule has 8 amide bonds. The van der Waals surface area contributed by atoms with E-state index in [1.807, 2.05) is 0 Å². The number of aromatic hydroxyl groups is 2. The number of aromatic amines is 1. The van der Waals surface area contributed by atoms with Gasteiger partial charge in [-0.15, -0.1) is 0 Å². The van der Waals surface area contributed by atoms with Crippen molar-refractivity contribution in [2.24, 2.45) is 11.5 Å². The van der Waals surface area contributed by atoms with Crippen molar-refractivity contribution >= 4 is 70.1 Å². The van der Waals surface area contributed by atoms with E-state index in [4.69, 9.17) is 11.5 Å². The van der Waals surface area contributed by atoms with E-state index in [1.54, 1.807) is 60.8 Å². The van der Waals surface area contributed by atoms with E-state index in [2.05, 4.69) is 42.2 Å². The lowest BCUT2D eigenvalue weighted by Gasteiger charge is -2.27. The van der Waals surface area contributed by atoms with E-state index in [0.29, 0.717) is 33.2 Å². The summed E-state index contributed by atoms with van der Waals surface area (Å²) in [5.74, 6) is -11.6. The quantitative estimate of drug-likeness (QED) is 0.0258. The SMILES string of the molecule is C[C@H](NC(=O)[C@H](Cc1c[nH]c2ccccc12)NC(=O)[C@H](CC(N)=O)NC(=O)[C@H](Cc1ccc(O)cc1)NC(=O)[C@@H](N)CO)C(=O)N[C@@H](Cc1ccccc1)C(=O)N[C@@H](CC(=O)O)C(=O)N[C@@H](Cc1ccc(O)cc1)C(=O)O. The molecule has 8 atom stereocenters. The van der Waals surface area contributed by atoms with Gasteiger partial charge in [-0.1, -0.05) is 72.8 Å².